The molecule has 0 saturated carbocycles. The first-order chi connectivity index (χ1) is 22.3. The van der Waals surface area contributed by atoms with E-state index in [-0.39, 0.29) is 36.9 Å². The predicted molar refractivity (Wildman–Crippen MR) is 155 cm³/mol. The predicted octanol–water partition coefficient (Wildman–Crippen LogP) is 5.22. The van der Waals surface area contributed by atoms with Crippen LogP contribution in [-0.4, -0.2) is 76.8 Å². The second-order valence-corrected chi connectivity index (χ2v) is 12.1. The zero-order valence-electron chi connectivity index (χ0n) is 24.7. The lowest BCUT2D eigenvalue weighted by Crippen LogP contribution is -2.31. The monoisotopic (exact) mass is 757 g/mol. The van der Waals surface area contributed by atoms with Gasteiger partial charge in [0, 0.05) is 11.1 Å². The van der Waals surface area contributed by atoms with Crippen molar-refractivity contribution in [1.82, 2.24) is 0 Å². The lowest BCUT2D eigenvalue weighted by atomic mass is 10.1. The van der Waals surface area contributed by atoms with Crippen LogP contribution in [0.5, 0.6) is 11.5 Å². The van der Waals surface area contributed by atoms with Crippen LogP contribution in [0.4, 0.5) is 26.3 Å². The van der Waals surface area contributed by atoms with Gasteiger partial charge in [0.15, 0.2) is 11.4 Å². The number of nitrogens with zero attached hydrogens (tertiary/aromatic N) is 2. The Kier molecular flexibility index (Phi) is 15.7. The molecular formula is C25H27F6N2O12S3-. The van der Waals surface area contributed by atoms with Crippen LogP contribution in [-0.2, 0) is 42.5 Å². The lowest BCUT2D eigenvalue weighted by Gasteiger charge is -2.20. The minimum atomic E-state index is -5.33. The van der Waals surface area contributed by atoms with Crippen molar-refractivity contribution in [3.05, 3.63) is 59.7 Å². The van der Waals surface area contributed by atoms with Crippen LogP contribution in [0.15, 0.2) is 58.8 Å². The standard InChI is InChI=1S/C25H28F6N2O12S3/c1-3-13-41-45-46-43-32-22(24(26,27)28)17-5-9-19(10-6-17)39-15-21(42-48(36,37)38)16-40-20-11-7-18(8-12-20)23(25(29,30)31)33-44-47(34,35)14-4-2/h5-12,21H,3-4,13-16H2,1-2H3,(H,36,37,38)/p-1/b32-22?,33-23-. The van der Waals surface area contributed by atoms with Gasteiger partial charge in [-0.2, -0.15) is 34.8 Å². The van der Waals surface area contributed by atoms with Crippen molar-refractivity contribution >= 4 is 44.3 Å². The van der Waals surface area contributed by atoms with Crippen LogP contribution >= 0.6 is 12.3 Å². The molecule has 0 saturated heterocycles. The molecule has 0 aliphatic carbocycles. The van der Waals surface area contributed by atoms with Crippen molar-refractivity contribution in [2.24, 2.45) is 10.3 Å². The van der Waals surface area contributed by atoms with Gasteiger partial charge in [-0.1, -0.05) is 24.2 Å². The van der Waals surface area contributed by atoms with E-state index in [2.05, 4.69) is 32.3 Å². The summed E-state index contributed by atoms with van der Waals surface area (Å²) in [6, 6.07) is 7.71. The summed E-state index contributed by atoms with van der Waals surface area (Å²) < 4.78 is 166. The highest BCUT2D eigenvalue weighted by atomic mass is 32.3. The summed E-state index contributed by atoms with van der Waals surface area (Å²) in [6.07, 6.45) is -11.1. The van der Waals surface area contributed by atoms with E-state index in [1.165, 1.54) is 6.92 Å². The lowest BCUT2D eigenvalue weighted by molar-refractivity contribution is -0.196. The van der Waals surface area contributed by atoms with E-state index in [1.54, 1.807) is 6.92 Å². The van der Waals surface area contributed by atoms with Gasteiger partial charge in [0.25, 0.3) is 12.3 Å². The van der Waals surface area contributed by atoms with E-state index in [0.717, 1.165) is 48.5 Å². The number of hydrogen-bond acceptors (Lipinski definition) is 15. The molecule has 0 bridgehead atoms. The Morgan fingerprint density at radius 3 is 1.69 bits per heavy atom. The van der Waals surface area contributed by atoms with Gasteiger partial charge < -0.3 is 14.0 Å². The summed E-state index contributed by atoms with van der Waals surface area (Å²) in [5, 5.41) is 5.74. The summed E-state index contributed by atoms with van der Waals surface area (Å²) in [7, 11) is -9.69. The number of hydrogen-bond donors (Lipinski definition) is 0. The van der Waals surface area contributed by atoms with Crippen molar-refractivity contribution in [2.75, 3.05) is 25.6 Å². The molecule has 2 aromatic rings. The first kappa shape index (κ1) is 40.8. The fraction of sp³-hybridized carbons (Fsp3) is 0.440. The number of rotatable bonds is 20. The van der Waals surface area contributed by atoms with E-state index in [1.807, 2.05) is 0 Å². The van der Waals surface area contributed by atoms with Gasteiger partial charge in [-0.15, -0.1) is 4.33 Å². The molecule has 0 radical (unpaired) electrons. The molecular weight excluding hydrogens is 730 g/mol. The summed E-state index contributed by atoms with van der Waals surface area (Å²) in [6.45, 7) is 1.99. The van der Waals surface area contributed by atoms with E-state index in [0.29, 0.717) is 6.42 Å². The largest absolute Gasteiger partial charge is 0.726 e. The number of benzene rings is 2. The van der Waals surface area contributed by atoms with Crippen LogP contribution in [0.25, 0.3) is 0 Å². The summed E-state index contributed by atoms with van der Waals surface area (Å²) >= 11 is 0.0508. The fourth-order valence-corrected chi connectivity index (χ4v) is 4.63. The van der Waals surface area contributed by atoms with Crippen LogP contribution in [0.3, 0.4) is 0 Å². The Hall–Kier alpha value is -3.35. The normalized spacial score (nSPS) is 14.0. The van der Waals surface area contributed by atoms with Gasteiger partial charge in [-0.3, -0.25) is 12.8 Å². The topological polar surface area (TPSA) is 181 Å². The molecule has 0 aliphatic heterocycles. The molecule has 23 heteroatoms. The van der Waals surface area contributed by atoms with Gasteiger partial charge in [-0.25, -0.2) is 13.3 Å². The highest BCUT2D eigenvalue weighted by Gasteiger charge is 2.39. The zero-order chi connectivity index (χ0) is 36.0. The van der Waals surface area contributed by atoms with Crippen LogP contribution in [0, 0.1) is 0 Å². The summed E-state index contributed by atoms with van der Waals surface area (Å²) in [4.78, 5) is 4.57. The molecule has 0 fully saturated rings. The molecule has 1 atom stereocenters. The smallest absolute Gasteiger partial charge is 0.437 e. The maximum Gasteiger partial charge on any atom is 0.437 e. The number of oxime groups is 2. The molecule has 48 heavy (non-hydrogen) atoms. The van der Waals surface area contributed by atoms with E-state index < -0.39 is 80.5 Å². The molecule has 14 nitrogen and oxygen atoms in total. The first-order valence-electron chi connectivity index (χ1n) is 13.3. The Balaban J connectivity index is 2.10. The zero-order valence-corrected chi connectivity index (χ0v) is 27.2. The molecule has 2 rings (SSSR count). The maximum atomic E-state index is 13.5. The van der Waals surface area contributed by atoms with Gasteiger partial charge >= 0.3 is 22.5 Å². The molecule has 0 aromatic heterocycles. The summed E-state index contributed by atoms with van der Waals surface area (Å²) in [5.41, 5.74) is -4.18. The molecule has 270 valence electrons. The third-order valence-corrected chi connectivity index (χ3v) is 7.14. The van der Waals surface area contributed by atoms with Gasteiger partial charge in [-0.05, 0) is 61.4 Å². The van der Waals surface area contributed by atoms with Gasteiger partial charge in [0.05, 0.1) is 12.4 Å². The second kappa shape index (κ2) is 18.4. The van der Waals surface area contributed by atoms with Crippen molar-refractivity contribution in [3.63, 3.8) is 0 Å². The third kappa shape index (κ3) is 15.3. The highest BCUT2D eigenvalue weighted by Crippen LogP contribution is 2.27. The Morgan fingerprint density at radius 1 is 0.792 bits per heavy atom. The van der Waals surface area contributed by atoms with Crippen LogP contribution in [0.1, 0.15) is 37.8 Å². The Labute approximate surface area is 275 Å². The molecule has 0 heterocycles. The molecule has 0 aliphatic rings. The number of ether oxygens (including phenoxy) is 2. The van der Waals surface area contributed by atoms with Crippen molar-refractivity contribution < 1.29 is 79.2 Å². The molecule has 1 unspecified atom stereocenters. The van der Waals surface area contributed by atoms with Crippen LogP contribution in [0.2, 0.25) is 0 Å². The average Bonchev–Trinajstić information content (AvgIpc) is 2.97. The molecule has 0 amide bonds. The SMILES string of the molecule is CCCOOSON=C(c1ccc(OCC(COc2ccc(/C(=N/OS(=O)(=O)CCC)C(F)(F)F)cc2)OS(=O)(=O)[O-])cc1)C(F)(F)F. The Bertz CT molecular complexity index is 1570. The Morgan fingerprint density at radius 2 is 1.27 bits per heavy atom. The molecule has 2 aromatic carbocycles. The first-order valence-corrected chi connectivity index (χ1v) is 16.9. The summed E-state index contributed by atoms with van der Waals surface area (Å²) in [5.74, 6) is -0.821. The van der Waals surface area contributed by atoms with E-state index in [4.69, 9.17) is 9.47 Å². The highest BCUT2D eigenvalue weighted by molar-refractivity contribution is 7.89. The maximum absolute atomic E-state index is 13.5. The number of halogens is 6. The minimum absolute atomic E-state index is 0.0508. The van der Waals surface area contributed by atoms with Gasteiger partial charge in [0.2, 0.25) is 10.4 Å². The minimum Gasteiger partial charge on any atom is -0.726 e. The second-order valence-electron chi connectivity index (χ2n) is 9.04. The van der Waals surface area contributed by atoms with Crippen molar-refractivity contribution in [1.29, 1.82) is 0 Å². The number of alkyl halides is 6. The average molecular weight is 758 g/mol. The van der Waals surface area contributed by atoms with Crippen molar-refractivity contribution in [3.8, 4) is 11.5 Å². The fourth-order valence-electron chi connectivity index (χ4n) is 3.19. The van der Waals surface area contributed by atoms with Crippen molar-refractivity contribution in [2.45, 2.75) is 45.1 Å². The quantitative estimate of drug-likeness (QED) is 0.0251. The molecule has 0 spiro atoms. The third-order valence-electron chi connectivity index (χ3n) is 5.14. The van der Waals surface area contributed by atoms with Gasteiger partial charge in [0.1, 0.15) is 30.8 Å². The van der Waals surface area contributed by atoms with E-state index >= 15 is 0 Å². The van der Waals surface area contributed by atoms with E-state index in [9.17, 15) is 47.7 Å². The molecule has 0 N–H and O–H groups in total. The van der Waals surface area contributed by atoms with Crippen LogP contribution < -0.4 is 9.47 Å².